The Balaban J connectivity index is 2.39. The standard InChI is InChI=1S/C17H13ClFNO2/c1-9-3-4-15(22-2)12(5-9)16-13(8-21)11-6-10(18)7-14(19)17(11)20-16/h3-8,20H,1-2H3. The van der Waals surface area contributed by atoms with Crippen molar-refractivity contribution in [3.8, 4) is 17.0 Å². The van der Waals surface area contributed by atoms with Gasteiger partial charge in [-0.1, -0.05) is 23.2 Å². The number of ether oxygens (including phenoxy) is 1. The minimum absolute atomic E-state index is 0.245. The van der Waals surface area contributed by atoms with Gasteiger partial charge >= 0.3 is 0 Å². The second kappa shape index (κ2) is 5.46. The molecule has 0 amide bonds. The molecule has 0 atom stereocenters. The van der Waals surface area contributed by atoms with Crippen LogP contribution in [0, 0.1) is 12.7 Å². The SMILES string of the molecule is COc1ccc(C)cc1-c1[nH]c2c(F)cc(Cl)cc2c1C=O. The van der Waals surface area contributed by atoms with Gasteiger partial charge in [0.25, 0.3) is 0 Å². The molecule has 112 valence electrons. The van der Waals surface area contributed by atoms with Crippen molar-refractivity contribution >= 4 is 28.8 Å². The van der Waals surface area contributed by atoms with Crippen LogP contribution in [0.3, 0.4) is 0 Å². The number of aryl methyl sites for hydroxylation is 1. The molecule has 3 aromatic rings. The summed E-state index contributed by atoms with van der Waals surface area (Å²) in [4.78, 5) is 14.5. The molecular formula is C17H13ClFNO2. The predicted octanol–water partition coefficient (Wildman–Crippen LogP) is 4.76. The Morgan fingerprint density at radius 2 is 2.05 bits per heavy atom. The van der Waals surface area contributed by atoms with Crippen molar-refractivity contribution in [1.82, 2.24) is 4.98 Å². The van der Waals surface area contributed by atoms with Gasteiger partial charge < -0.3 is 9.72 Å². The first-order chi connectivity index (χ1) is 10.5. The number of aldehydes is 1. The summed E-state index contributed by atoms with van der Waals surface area (Å²) in [5, 5.41) is 0.702. The Bertz CT molecular complexity index is 886. The van der Waals surface area contributed by atoms with Gasteiger partial charge in [-0.2, -0.15) is 0 Å². The smallest absolute Gasteiger partial charge is 0.152 e. The largest absolute Gasteiger partial charge is 0.496 e. The van der Waals surface area contributed by atoms with E-state index in [0.29, 0.717) is 34.2 Å². The maximum atomic E-state index is 14.1. The number of hydrogen-bond acceptors (Lipinski definition) is 2. The highest BCUT2D eigenvalue weighted by molar-refractivity contribution is 6.31. The van der Waals surface area contributed by atoms with E-state index >= 15 is 0 Å². The number of fused-ring (bicyclic) bond motifs is 1. The molecule has 0 saturated heterocycles. The first-order valence-electron chi connectivity index (χ1n) is 6.66. The molecule has 2 aromatic carbocycles. The van der Waals surface area contributed by atoms with Gasteiger partial charge in [0, 0.05) is 21.5 Å². The van der Waals surface area contributed by atoms with E-state index in [0.717, 1.165) is 5.56 Å². The average Bonchev–Trinajstić information content (AvgIpc) is 2.85. The zero-order valence-corrected chi connectivity index (χ0v) is 12.8. The molecule has 0 fully saturated rings. The Hall–Kier alpha value is -2.33. The van der Waals surface area contributed by atoms with Crippen LogP contribution in [-0.4, -0.2) is 18.4 Å². The van der Waals surface area contributed by atoms with E-state index in [9.17, 15) is 9.18 Å². The van der Waals surface area contributed by atoms with Crippen molar-refractivity contribution in [3.05, 3.63) is 52.3 Å². The highest BCUT2D eigenvalue weighted by Gasteiger charge is 2.18. The fourth-order valence-electron chi connectivity index (χ4n) is 2.59. The van der Waals surface area contributed by atoms with Gasteiger partial charge in [0.05, 0.1) is 18.3 Å². The Kier molecular flexibility index (Phi) is 3.62. The third-order valence-electron chi connectivity index (χ3n) is 3.61. The lowest BCUT2D eigenvalue weighted by Crippen LogP contribution is -1.91. The van der Waals surface area contributed by atoms with Gasteiger partial charge in [0.1, 0.15) is 11.6 Å². The van der Waals surface area contributed by atoms with Gasteiger partial charge in [-0.05, 0) is 31.2 Å². The number of halogens is 2. The van der Waals surface area contributed by atoms with Crippen molar-refractivity contribution in [2.75, 3.05) is 7.11 Å². The Morgan fingerprint density at radius 1 is 1.27 bits per heavy atom. The maximum absolute atomic E-state index is 14.1. The predicted molar refractivity (Wildman–Crippen MR) is 85.4 cm³/mol. The number of nitrogens with one attached hydrogen (secondary N) is 1. The van der Waals surface area contributed by atoms with Gasteiger partial charge in [-0.15, -0.1) is 0 Å². The molecule has 0 radical (unpaired) electrons. The number of carbonyl (C=O) groups is 1. The summed E-state index contributed by atoms with van der Waals surface area (Å²) in [5.74, 6) is 0.107. The van der Waals surface area contributed by atoms with Gasteiger partial charge in [0.2, 0.25) is 0 Å². The number of methoxy groups -OCH3 is 1. The molecule has 5 heteroatoms. The summed E-state index contributed by atoms with van der Waals surface area (Å²) in [6.07, 6.45) is 0.700. The summed E-state index contributed by atoms with van der Waals surface area (Å²) in [6.45, 7) is 1.93. The van der Waals surface area contributed by atoms with Crippen molar-refractivity contribution in [2.24, 2.45) is 0 Å². The van der Waals surface area contributed by atoms with Crippen molar-refractivity contribution in [3.63, 3.8) is 0 Å². The topological polar surface area (TPSA) is 42.1 Å². The number of benzene rings is 2. The van der Waals surface area contributed by atoms with E-state index in [1.54, 1.807) is 13.2 Å². The molecule has 22 heavy (non-hydrogen) atoms. The molecule has 0 saturated carbocycles. The first-order valence-corrected chi connectivity index (χ1v) is 7.04. The van der Waals surface area contributed by atoms with Gasteiger partial charge in [-0.25, -0.2) is 4.39 Å². The molecule has 0 spiro atoms. The second-order valence-corrected chi connectivity index (χ2v) is 5.48. The highest BCUT2D eigenvalue weighted by atomic mass is 35.5. The average molecular weight is 318 g/mol. The fourth-order valence-corrected chi connectivity index (χ4v) is 2.80. The number of H-pyrrole nitrogens is 1. The van der Waals surface area contributed by atoms with E-state index in [2.05, 4.69) is 4.98 Å². The third kappa shape index (κ3) is 2.25. The molecule has 0 aliphatic carbocycles. The maximum Gasteiger partial charge on any atom is 0.152 e. The number of aromatic amines is 1. The summed E-state index contributed by atoms with van der Waals surface area (Å²) in [5.41, 5.74) is 2.85. The Labute approximate surface area is 131 Å². The molecule has 0 aliphatic heterocycles. The van der Waals surface area contributed by atoms with E-state index < -0.39 is 5.82 Å². The number of rotatable bonds is 3. The fraction of sp³-hybridized carbons (Fsp3) is 0.118. The monoisotopic (exact) mass is 317 g/mol. The molecule has 1 aromatic heterocycles. The van der Waals surface area contributed by atoms with E-state index in [1.807, 2.05) is 25.1 Å². The highest BCUT2D eigenvalue weighted by Crippen LogP contribution is 2.37. The van der Waals surface area contributed by atoms with E-state index in [-0.39, 0.29) is 10.5 Å². The quantitative estimate of drug-likeness (QED) is 0.708. The lowest BCUT2D eigenvalue weighted by Gasteiger charge is -2.08. The second-order valence-electron chi connectivity index (χ2n) is 5.05. The molecule has 0 bridgehead atoms. The van der Waals surface area contributed by atoms with Gasteiger partial charge in [-0.3, -0.25) is 4.79 Å². The summed E-state index contributed by atoms with van der Waals surface area (Å²) >= 11 is 5.90. The lowest BCUT2D eigenvalue weighted by atomic mass is 10.0. The van der Waals surface area contributed by atoms with Crippen LogP contribution in [0.5, 0.6) is 5.75 Å². The van der Waals surface area contributed by atoms with Crippen molar-refractivity contribution in [2.45, 2.75) is 6.92 Å². The first kappa shape index (κ1) is 14.6. The molecule has 3 rings (SSSR count). The lowest BCUT2D eigenvalue weighted by molar-refractivity contribution is 0.112. The molecule has 0 aliphatic rings. The van der Waals surface area contributed by atoms with Crippen molar-refractivity contribution in [1.29, 1.82) is 0 Å². The molecular weight excluding hydrogens is 305 g/mol. The number of aromatic nitrogens is 1. The normalized spacial score (nSPS) is 10.9. The van der Waals surface area contributed by atoms with Crippen LogP contribution in [0.2, 0.25) is 5.02 Å². The summed E-state index contributed by atoms with van der Waals surface area (Å²) < 4.78 is 19.4. The minimum atomic E-state index is -0.497. The third-order valence-corrected chi connectivity index (χ3v) is 3.82. The van der Waals surface area contributed by atoms with Crippen LogP contribution in [-0.2, 0) is 0 Å². The zero-order chi connectivity index (χ0) is 15.9. The van der Waals surface area contributed by atoms with Crippen LogP contribution in [0.25, 0.3) is 22.2 Å². The van der Waals surface area contributed by atoms with E-state index in [1.165, 1.54) is 6.07 Å². The van der Waals surface area contributed by atoms with Crippen molar-refractivity contribution < 1.29 is 13.9 Å². The number of carbonyl (C=O) groups excluding carboxylic acids is 1. The van der Waals surface area contributed by atoms with Crippen LogP contribution >= 0.6 is 11.6 Å². The molecule has 3 nitrogen and oxygen atoms in total. The molecule has 0 unspecified atom stereocenters. The number of hydrogen-bond donors (Lipinski definition) is 1. The molecule has 1 N–H and O–H groups in total. The van der Waals surface area contributed by atoms with Crippen LogP contribution < -0.4 is 4.74 Å². The van der Waals surface area contributed by atoms with Crippen LogP contribution in [0.4, 0.5) is 4.39 Å². The molecule has 1 heterocycles. The van der Waals surface area contributed by atoms with Crippen LogP contribution in [0.15, 0.2) is 30.3 Å². The van der Waals surface area contributed by atoms with Crippen LogP contribution in [0.1, 0.15) is 15.9 Å². The summed E-state index contributed by atoms with van der Waals surface area (Å²) in [7, 11) is 1.55. The minimum Gasteiger partial charge on any atom is -0.496 e. The summed E-state index contributed by atoms with van der Waals surface area (Å²) in [6, 6.07) is 8.39. The van der Waals surface area contributed by atoms with E-state index in [4.69, 9.17) is 16.3 Å². The van der Waals surface area contributed by atoms with Gasteiger partial charge in [0.15, 0.2) is 6.29 Å². The Morgan fingerprint density at radius 3 is 2.73 bits per heavy atom. The zero-order valence-electron chi connectivity index (χ0n) is 12.0.